The second kappa shape index (κ2) is 9.31. The number of carbonyl (C=O) groups excluding carboxylic acids is 1. The predicted octanol–water partition coefficient (Wildman–Crippen LogP) is 2.99. The predicted molar refractivity (Wildman–Crippen MR) is 104 cm³/mol. The maximum atomic E-state index is 12.1. The minimum absolute atomic E-state index is 0.0714. The van der Waals surface area contributed by atoms with Gasteiger partial charge < -0.3 is 9.15 Å². The monoisotopic (exact) mass is 397 g/mol. The lowest BCUT2D eigenvalue weighted by Gasteiger charge is -2.03. The lowest BCUT2D eigenvalue weighted by molar-refractivity contribution is -0.385. The standard InChI is InChI=1S/C19H19N5O5/c1-2-9-28-16-5-3-14(4-6-16)10-20-22-19(25)18-8-7-17(29-18)13-23-12-15(11-21-23)24(26)27/h3-8,10-12H,2,9,13H2,1H3,(H,22,25)/b20-10-. The fourth-order valence-electron chi connectivity index (χ4n) is 2.37. The average Bonchev–Trinajstić information content (AvgIpc) is 3.37. The summed E-state index contributed by atoms with van der Waals surface area (Å²) in [5.41, 5.74) is 3.07. The van der Waals surface area contributed by atoms with Crippen molar-refractivity contribution in [1.29, 1.82) is 0 Å². The molecule has 10 nitrogen and oxygen atoms in total. The maximum Gasteiger partial charge on any atom is 0.307 e. The van der Waals surface area contributed by atoms with Gasteiger partial charge in [-0.3, -0.25) is 19.6 Å². The molecule has 0 atom stereocenters. The Morgan fingerprint density at radius 2 is 2.14 bits per heavy atom. The molecule has 1 aromatic carbocycles. The van der Waals surface area contributed by atoms with Crippen molar-refractivity contribution in [1.82, 2.24) is 15.2 Å². The SMILES string of the molecule is CCCOc1ccc(/C=N\NC(=O)c2ccc(Cn3cc([N+](=O)[O-])cn3)o2)cc1. The largest absolute Gasteiger partial charge is 0.494 e. The topological polar surface area (TPSA) is 125 Å². The molecule has 0 aliphatic heterocycles. The Kier molecular flexibility index (Phi) is 6.36. The number of amides is 1. The van der Waals surface area contributed by atoms with Crippen molar-refractivity contribution in [2.45, 2.75) is 19.9 Å². The molecule has 3 aromatic rings. The van der Waals surface area contributed by atoms with Crippen molar-refractivity contribution in [2.24, 2.45) is 5.10 Å². The van der Waals surface area contributed by atoms with Gasteiger partial charge in [0.15, 0.2) is 5.76 Å². The summed E-state index contributed by atoms with van der Waals surface area (Å²) in [6.45, 7) is 2.86. The second-order valence-electron chi connectivity index (χ2n) is 6.04. The van der Waals surface area contributed by atoms with Gasteiger partial charge >= 0.3 is 11.6 Å². The molecular weight excluding hydrogens is 378 g/mol. The van der Waals surface area contributed by atoms with Crippen LogP contribution < -0.4 is 10.2 Å². The van der Waals surface area contributed by atoms with E-state index in [2.05, 4.69) is 15.6 Å². The number of aromatic nitrogens is 2. The number of ether oxygens (including phenoxy) is 1. The van der Waals surface area contributed by atoms with Gasteiger partial charge in [0, 0.05) is 0 Å². The van der Waals surface area contributed by atoms with Gasteiger partial charge in [-0.25, -0.2) is 5.43 Å². The Hall–Kier alpha value is -3.95. The molecule has 2 heterocycles. The highest BCUT2D eigenvalue weighted by molar-refractivity contribution is 5.92. The third kappa shape index (κ3) is 5.51. The molecule has 3 rings (SSSR count). The van der Waals surface area contributed by atoms with Gasteiger partial charge in [0.05, 0.1) is 24.3 Å². The number of furan rings is 1. The molecule has 0 radical (unpaired) electrons. The number of nitrogens with one attached hydrogen (secondary N) is 1. The molecule has 0 unspecified atom stereocenters. The number of hydrogen-bond acceptors (Lipinski definition) is 7. The smallest absolute Gasteiger partial charge is 0.307 e. The van der Waals surface area contributed by atoms with Crippen LogP contribution in [-0.4, -0.2) is 33.4 Å². The van der Waals surface area contributed by atoms with Crippen molar-refractivity contribution in [2.75, 3.05) is 6.61 Å². The van der Waals surface area contributed by atoms with Crippen LogP contribution in [0.3, 0.4) is 0 Å². The Balaban J connectivity index is 1.53. The lowest BCUT2D eigenvalue weighted by Crippen LogP contribution is -2.16. The van der Waals surface area contributed by atoms with E-state index in [1.165, 1.54) is 23.2 Å². The van der Waals surface area contributed by atoms with Gasteiger partial charge in [0.2, 0.25) is 0 Å². The molecule has 0 aliphatic carbocycles. The number of nitrogens with zero attached hydrogens (tertiary/aromatic N) is 4. The summed E-state index contributed by atoms with van der Waals surface area (Å²) in [5.74, 6) is 0.766. The van der Waals surface area contributed by atoms with Crippen LogP contribution in [-0.2, 0) is 6.54 Å². The van der Waals surface area contributed by atoms with Gasteiger partial charge in [-0.1, -0.05) is 6.92 Å². The molecule has 150 valence electrons. The summed E-state index contributed by atoms with van der Waals surface area (Å²) in [6, 6.07) is 10.4. The van der Waals surface area contributed by atoms with Crippen LogP contribution in [0.1, 0.15) is 35.2 Å². The summed E-state index contributed by atoms with van der Waals surface area (Å²) in [7, 11) is 0. The van der Waals surface area contributed by atoms with Gasteiger partial charge in [-0.05, 0) is 48.4 Å². The highest BCUT2D eigenvalue weighted by Gasteiger charge is 2.13. The number of carbonyl (C=O) groups is 1. The molecule has 2 aromatic heterocycles. The zero-order valence-corrected chi connectivity index (χ0v) is 15.6. The molecule has 0 fully saturated rings. The number of nitro groups is 1. The van der Waals surface area contributed by atoms with Gasteiger partial charge in [-0.2, -0.15) is 10.2 Å². The molecule has 0 saturated carbocycles. The Bertz CT molecular complexity index is 1010. The van der Waals surface area contributed by atoms with Crippen LogP contribution >= 0.6 is 0 Å². The summed E-state index contributed by atoms with van der Waals surface area (Å²) in [4.78, 5) is 22.3. The second-order valence-corrected chi connectivity index (χ2v) is 6.04. The number of rotatable bonds is 9. The van der Waals surface area contributed by atoms with E-state index in [4.69, 9.17) is 9.15 Å². The average molecular weight is 397 g/mol. The first-order chi connectivity index (χ1) is 14.0. The van der Waals surface area contributed by atoms with Crippen molar-refractivity contribution in [3.63, 3.8) is 0 Å². The van der Waals surface area contributed by atoms with Crippen LogP contribution in [0.5, 0.6) is 5.75 Å². The van der Waals surface area contributed by atoms with Crippen LogP contribution in [0.25, 0.3) is 0 Å². The molecule has 0 spiro atoms. The first kappa shape index (κ1) is 19.8. The van der Waals surface area contributed by atoms with Crippen molar-refractivity contribution < 1.29 is 18.9 Å². The fraction of sp³-hybridized carbons (Fsp3) is 0.211. The van der Waals surface area contributed by atoms with E-state index in [0.29, 0.717) is 12.4 Å². The van der Waals surface area contributed by atoms with Gasteiger partial charge in [-0.15, -0.1) is 0 Å². The highest BCUT2D eigenvalue weighted by atomic mass is 16.6. The van der Waals surface area contributed by atoms with Crippen LogP contribution in [0.2, 0.25) is 0 Å². The molecule has 0 aliphatic rings. The molecule has 1 N–H and O–H groups in total. The Labute approximate surface area is 165 Å². The maximum absolute atomic E-state index is 12.1. The number of benzene rings is 1. The first-order valence-corrected chi connectivity index (χ1v) is 8.87. The quantitative estimate of drug-likeness (QED) is 0.336. The van der Waals surface area contributed by atoms with E-state index in [1.54, 1.807) is 6.07 Å². The van der Waals surface area contributed by atoms with E-state index in [-0.39, 0.29) is 18.0 Å². The lowest BCUT2D eigenvalue weighted by atomic mass is 10.2. The summed E-state index contributed by atoms with van der Waals surface area (Å²) in [5, 5.41) is 18.5. The van der Waals surface area contributed by atoms with Crippen molar-refractivity contribution in [3.05, 3.63) is 76.0 Å². The molecule has 0 bridgehead atoms. The first-order valence-electron chi connectivity index (χ1n) is 8.87. The third-order valence-electron chi connectivity index (χ3n) is 3.77. The van der Waals surface area contributed by atoms with E-state index >= 15 is 0 Å². The normalized spacial score (nSPS) is 10.9. The summed E-state index contributed by atoms with van der Waals surface area (Å²) >= 11 is 0. The fourth-order valence-corrected chi connectivity index (χ4v) is 2.37. The Morgan fingerprint density at radius 3 is 2.83 bits per heavy atom. The van der Waals surface area contributed by atoms with Crippen LogP contribution in [0, 0.1) is 10.1 Å². The molecule has 29 heavy (non-hydrogen) atoms. The summed E-state index contributed by atoms with van der Waals surface area (Å²) in [6.07, 6.45) is 4.87. The Morgan fingerprint density at radius 1 is 1.34 bits per heavy atom. The molecular formula is C19H19N5O5. The number of hydrogen-bond donors (Lipinski definition) is 1. The van der Waals surface area contributed by atoms with Crippen molar-refractivity contribution in [3.8, 4) is 5.75 Å². The molecule has 1 amide bonds. The van der Waals surface area contributed by atoms with E-state index < -0.39 is 10.8 Å². The summed E-state index contributed by atoms with van der Waals surface area (Å²) < 4.78 is 12.3. The molecule has 0 saturated heterocycles. The van der Waals surface area contributed by atoms with Gasteiger partial charge in [0.1, 0.15) is 23.9 Å². The third-order valence-corrected chi connectivity index (χ3v) is 3.77. The van der Waals surface area contributed by atoms with Crippen LogP contribution in [0.4, 0.5) is 5.69 Å². The minimum atomic E-state index is -0.533. The number of hydrazone groups is 1. The van der Waals surface area contributed by atoms with E-state index in [0.717, 1.165) is 23.9 Å². The van der Waals surface area contributed by atoms with Crippen LogP contribution in [0.15, 0.2) is 58.3 Å². The van der Waals surface area contributed by atoms with E-state index in [1.807, 2.05) is 31.2 Å². The highest BCUT2D eigenvalue weighted by Crippen LogP contribution is 2.13. The van der Waals surface area contributed by atoms with Gasteiger partial charge in [0.25, 0.3) is 0 Å². The molecule has 10 heteroatoms. The van der Waals surface area contributed by atoms with E-state index in [9.17, 15) is 14.9 Å². The van der Waals surface area contributed by atoms with Crippen molar-refractivity contribution >= 4 is 17.8 Å². The zero-order valence-electron chi connectivity index (χ0n) is 15.6. The zero-order chi connectivity index (χ0) is 20.6. The minimum Gasteiger partial charge on any atom is -0.494 e.